The van der Waals surface area contributed by atoms with Gasteiger partial charge in [0.2, 0.25) is 0 Å². The molecule has 0 aliphatic carbocycles. The second kappa shape index (κ2) is 6.75. The molecule has 19 heavy (non-hydrogen) atoms. The summed E-state index contributed by atoms with van der Waals surface area (Å²) in [7, 11) is 0. The maximum atomic E-state index is 5.71. The van der Waals surface area contributed by atoms with Crippen molar-refractivity contribution in [2.75, 3.05) is 5.75 Å². The number of hydrazine groups is 1. The number of nitrogens with zero attached hydrogens (tertiary/aromatic N) is 2. The third-order valence-electron chi connectivity index (χ3n) is 3.04. The molecule has 3 N–H and O–H groups in total. The number of benzene rings is 1. The molecule has 0 bridgehead atoms. The van der Waals surface area contributed by atoms with Crippen molar-refractivity contribution in [1.29, 1.82) is 0 Å². The molecule has 0 aliphatic heterocycles. The summed E-state index contributed by atoms with van der Waals surface area (Å²) < 4.78 is 2.10. The van der Waals surface area contributed by atoms with E-state index in [2.05, 4.69) is 53.1 Å². The van der Waals surface area contributed by atoms with Crippen molar-refractivity contribution in [1.82, 2.24) is 15.0 Å². The summed E-state index contributed by atoms with van der Waals surface area (Å²) in [5.74, 6) is 7.73. The fourth-order valence-electron chi connectivity index (χ4n) is 2.09. The molecule has 0 saturated carbocycles. The van der Waals surface area contributed by atoms with E-state index in [1.165, 1.54) is 4.90 Å². The lowest BCUT2D eigenvalue weighted by molar-refractivity contribution is 0.561. The average Bonchev–Trinajstić information content (AvgIpc) is 2.90. The number of imidazole rings is 1. The molecular formula is C14H20N4S. The van der Waals surface area contributed by atoms with Crippen molar-refractivity contribution in [3.05, 3.63) is 48.0 Å². The highest BCUT2D eigenvalue weighted by atomic mass is 32.2. The first kappa shape index (κ1) is 14.1. The zero-order valence-corrected chi connectivity index (χ0v) is 12.2. The highest BCUT2D eigenvalue weighted by Crippen LogP contribution is 2.24. The smallest absolute Gasteiger partial charge is 0.131 e. The Balaban J connectivity index is 2.26. The Labute approximate surface area is 118 Å². The minimum absolute atomic E-state index is 0.0735. The lowest BCUT2D eigenvalue weighted by atomic mass is 10.1. The number of aryl methyl sites for hydroxylation is 1. The molecule has 1 atom stereocenters. The van der Waals surface area contributed by atoms with E-state index < -0.39 is 0 Å². The van der Waals surface area contributed by atoms with Crippen LogP contribution in [0.3, 0.4) is 0 Å². The summed E-state index contributed by atoms with van der Waals surface area (Å²) in [6, 6.07) is 8.41. The van der Waals surface area contributed by atoms with Crippen LogP contribution in [0.1, 0.15) is 31.3 Å². The molecule has 5 heteroatoms. The van der Waals surface area contributed by atoms with Crippen LogP contribution in [0.4, 0.5) is 0 Å². The number of thioether (sulfide) groups is 1. The van der Waals surface area contributed by atoms with Crippen molar-refractivity contribution in [3.8, 4) is 0 Å². The van der Waals surface area contributed by atoms with Gasteiger partial charge in [0.1, 0.15) is 11.9 Å². The van der Waals surface area contributed by atoms with Gasteiger partial charge in [-0.15, -0.1) is 11.8 Å². The first-order chi connectivity index (χ1) is 9.30. The molecule has 102 valence electrons. The van der Waals surface area contributed by atoms with Crippen LogP contribution in [-0.2, 0) is 6.54 Å². The standard InChI is InChI=1S/C14H20N4S/c1-3-18-10-9-16-14(18)13(17-15)11-5-7-12(8-6-11)19-4-2/h5-10,13,17H,3-4,15H2,1-2H3. The number of hydrogen-bond donors (Lipinski definition) is 2. The van der Waals surface area contributed by atoms with E-state index in [0.717, 1.165) is 23.7 Å². The Morgan fingerprint density at radius 1 is 1.32 bits per heavy atom. The molecule has 1 heterocycles. The van der Waals surface area contributed by atoms with Crippen molar-refractivity contribution in [3.63, 3.8) is 0 Å². The first-order valence-electron chi connectivity index (χ1n) is 6.50. The fraction of sp³-hybridized carbons (Fsp3) is 0.357. The Morgan fingerprint density at radius 2 is 2.05 bits per heavy atom. The molecule has 1 unspecified atom stereocenters. The minimum Gasteiger partial charge on any atom is -0.334 e. The monoisotopic (exact) mass is 276 g/mol. The summed E-state index contributed by atoms with van der Waals surface area (Å²) in [5.41, 5.74) is 3.99. The number of aromatic nitrogens is 2. The highest BCUT2D eigenvalue weighted by Gasteiger charge is 2.17. The molecule has 2 aromatic rings. The zero-order chi connectivity index (χ0) is 13.7. The highest BCUT2D eigenvalue weighted by molar-refractivity contribution is 7.99. The molecule has 0 spiro atoms. The Kier molecular flexibility index (Phi) is 5.01. The second-order valence-corrected chi connectivity index (χ2v) is 5.51. The van der Waals surface area contributed by atoms with Crippen LogP contribution in [0.5, 0.6) is 0 Å². The Bertz CT molecular complexity index is 506. The van der Waals surface area contributed by atoms with Gasteiger partial charge in [-0.1, -0.05) is 19.1 Å². The van der Waals surface area contributed by atoms with E-state index in [1.807, 2.05) is 24.2 Å². The molecule has 2 rings (SSSR count). The van der Waals surface area contributed by atoms with Gasteiger partial charge in [0.25, 0.3) is 0 Å². The van der Waals surface area contributed by atoms with Crippen LogP contribution in [0, 0.1) is 0 Å². The summed E-state index contributed by atoms with van der Waals surface area (Å²) in [6.45, 7) is 5.14. The van der Waals surface area contributed by atoms with Crippen LogP contribution >= 0.6 is 11.8 Å². The Hall–Kier alpha value is -1.30. The van der Waals surface area contributed by atoms with Gasteiger partial charge in [0.15, 0.2) is 0 Å². The summed E-state index contributed by atoms with van der Waals surface area (Å²) in [5, 5.41) is 0. The van der Waals surface area contributed by atoms with Crippen molar-refractivity contribution in [2.45, 2.75) is 31.3 Å². The maximum absolute atomic E-state index is 5.71. The van der Waals surface area contributed by atoms with Crippen LogP contribution < -0.4 is 11.3 Å². The molecular weight excluding hydrogens is 256 g/mol. The van der Waals surface area contributed by atoms with Gasteiger partial charge in [0, 0.05) is 23.8 Å². The molecule has 1 aromatic heterocycles. The van der Waals surface area contributed by atoms with E-state index in [4.69, 9.17) is 5.84 Å². The Morgan fingerprint density at radius 3 is 2.63 bits per heavy atom. The molecule has 4 nitrogen and oxygen atoms in total. The minimum atomic E-state index is -0.0735. The number of nitrogens with two attached hydrogens (primary N) is 1. The zero-order valence-electron chi connectivity index (χ0n) is 11.3. The topological polar surface area (TPSA) is 55.9 Å². The van der Waals surface area contributed by atoms with E-state index in [-0.39, 0.29) is 6.04 Å². The van der Waals surface area contributed by atoms with E-state index >= 15 is 0 Å². The van der Waals surface area contributed by atoms with Gasteiger partial charge < -0.3 is 4.57 Å². The van der Waals surface area contributed by atoms with Crippen molar-refractivity contribution < 1.29 is 0 Å². The SMILES string of the molecule is CCSc1ccc(C(NN)c2nccn2CC)cc1. The van der Waals surface area contributed by atoms with Crippen molar-refractivity contribution >= 4 is 11.8 Å². The van der Waals surface area contributed by atoms with Gasteiger partial charge in [-0.05, 0) is 30.4 Å². The third kappa shape index (κ3) is 3.18. The lowest BCUT2D eigenvalue weighted by Gasteiger charge is -2.17. The van der Waals surface area contributed by atoms with Crippen LogP contribution in [-0.4, -0.2) is 15.3 Å². The fourth-order valence-corrected chi connectivity index (χ4v) is 2.75. The summed E-state index contributed by atoms with van der Waals surface area (Å²) in [4.78, 5) is 5.69. The number of hydrogen-bond acceptors (Lipinski definition) is 4. The van der Waals surface area contributed by atoms with Crippen molar-refractivity contribution in [2.24, 2.45) is 5.84 Å². The van der Waals surface area contributed by atoms with Crippen LogP contribution in [0.25, 0.3) is 0 Å². The van der Waals surface area contributed by atoms with E-state index in [0.29, 0.717) is 0 Å². The third-order valence-corrected chi connectivity index (χ3v) is 3.93. The predicted octanol–water partition coefficient (Wildman–Crippen LogP) is 2.57. The van der Waals surface area contributed by atoms with Crippen LogP contribution in [0.2, 0.25) is 0 Å². The predicted molar refractivity (Wildman–Crippen MR) is 79.9 cm³/mol. The molecule has 0 saturated heterocycles. The van der Waals surface area contributed by atoms with Gasteiger partial charge in [-0.3, -0.25) is 5.84 Å². The van der Waals surface area contributed by atoms with E-state index in [1.54, 1.807) is 0 Å². The normalized spacial score (nSPS) is 12.6. The first-order valence-corrected chi connectivity index (χ1v) is 7.48. The molecule has 0 aliphatic rings. The van der Waals surface area contributed by atoms with E-state index in [9.17, 15) is 0 Å². The second-order valence-electron chi connectivity index (χ2n) is 4.17. The molecule has 0 fully saturated rings. The summed E-state index contributed by atoms with van der Waals surface area (Å²) in [6.07, 6.45) is 3.78. The number of nitrogens with one attached hydrogen (secondary N) is 1. The molecule has 0 radical (unpaired) electrons. The quantitative estimate of drug-likeness (QED) is 0.484. The summed E-state index contributed by atoms with van der Waals surface area (Å²) >= 11 is 1.84. The van der Waals surface area contributed by atoms with Gasteiger partial charge >= 0.3 is 0 Å². The average molecular weight is 276 g/mol. The van der Waals surface area contributed by atoms with Gasteiger partial charge in [0.05, 0.1) is 0 Å². The van der Waals surface area contributed by atoms with Crippen LogP contribution in [0.15, 0.2) is 41.6 Å². The van der Waals surface area contributed by atoms with Gasteiger partial charge in [-0.25, -0.2) is 10.4 Å². The number of rotatable bonds is 6. The molecule has 0 amide bonds. The maximum Gasteiger partial charge on any atom is 0.131 e. The van der Waals surface area contributed by atoms with Gasteiger partial charge in [-0.2, -0.15) is 0 Å². The lowest BCUT2D eigenvalue weighted by Crippen LogP contribution is -2.31. The molecule has 1 aromatic carbocycles. The largest absolute Gasteiger partial charge is 0.334 e.